The van der Waals surface area contributed by atoms with Crippen LogP contribution in [-0.2, 0) is 14.3 Å². The summed E-state index contributed by atoms with van der Waals surface area (Å²) in [6.45, 7) is 10.0. The van der Waals surface area contributed by atoms with E-state index in [1.807, 2.05) is 45.9 Å². The van der Waals surface area contributed by atoms with Gasteiger partial charge in [-0.05, 0) is 54.3 Å². The second kappa shape index (κ2) is 9.50. The van der Waals surface area contributed by atoms with E-state index in [1.165, 1.54) is 0 Å². The van der Waals surface area contributed by atoms with E-state index in [0.29, 0.717) is 17.6 Å². The van der Waals surface area contributed by atoms with Crippen LogP contribution in [-0.4, -0.2) is 50.5 Å². The lowest BCUT2D eigenvalue weighted by Gasteiger charge is -2.14. The van der Waals surface area contributed by atoms with Crippen LogP contribution >= 0.6 is 11.8 Å². The Morgan fingerprint density at radius 2 is 2.00 bits per heavy atom. The van der Waals surface area contributed by atoms with E-state index in [4.69, 9.17) is 4.74 Å². The number of benzene rings is 1. The largest absolute Gasteiger partial charge is 0.452 e. The summed E-state index contributed by atoms with van der Waals surface area (Å²) in [5.41, 5.74) is 2.97. The molecule has 2 rings (SSSR count). The summed E-state index contributed by atoms with van der Waals surface area (Å²) in [5, 5.41) is 14.9. The van der Waals surface area contributed by atoms with Crippen LogP contribution in [0.5, 0.6) is 0 Å². The van der Waals surface area contributed by atoms with Crippen LogP contribution in [0.15, 0.2) is 23.4 Å². The fourth-order valence-electron chi connectivity index (χ4n) is 2.22. The van der Waals surface area contributed by atoms with Crippen LogP contribution in [0.2, 0.25) is 0 Å². The van der Waals surface area contributed by atoms with Crippen molar-refractivity contribution in [2.75, 3.05) is 12.3 Å². The zero-order chi connectivity index (χ0) is 20.0. The first kappa shape index (κ1) is 20.9. The Labute approximate surface area is 163 Å². The number of nitrogens with zero attached hydrogens (tertiary/aromatic N) is 4. The lowest BCUT2D eigenvalue weighted by Crippen LogP contribution is -2.37. The van der Waals surface area contributed by atoms with E-state index in [9.17, 15) is 9.59 Å². The predicted molar refractivity (Wildman–Crippen MR) is 103 cm³/mol. The molecule has 146 valence electrons. The summed E-state index contributed by atoms with van der Waals surface area (Å²) >= 11 is 1.16. The van der Waals surface area contributed by atoms with Crippen LogP contribution in [0.3, 0.4) is 0 Å². The van der Waals surface area contributed by atoms with E-state index in [-0.39, 0.29) is 11.7 Å². The number of hydrogen-bond acceptors (Lipinski definition) is 7. The van der Waals surface area contributed by atoms with Crippen LogP contribution < -0.4 is 5.32 Å². The van der Waals surface area contributed by atoms with Gasteiger partial charge in [0.25, 0.3) is 5.91 Å². The molecule has 1 aromatic carbocycles. The number of esters is 1. The molecule has 1 heterocycles. The molecule has 1 amide bonds. The van der Waals surface area contributed by atoms with E-state index >= 15 is 0 Å². The normalized spacial score (nSPS) is 12.1. The molecule has 0 aliphatic heterocycles. The number of thioether (sulfide) groups is 1. The summed E-state index contributed by atoms with van der Waals surface area (Å²) in [7, 11) is 0. The maximum atomic E-state index is 12.1. The second-order valence-electron chi connectivity index (χ2n) is 6.72. The fourth-order valence-corrected chi connectivity index (χ4v) is 2.89. The Morgan fingerprint density at radius 3 is 2.70 bits per heavy atom. The zero-order valence-corrected chi connectivity index (χ0v) is 17.0. The van der Waals surface area contributed by atoms with Gasteiger partial charge >= 0.3 is 5.97 Å². The highest BCUT2D eigenvalue weighted by atomic mass is 32.2. The van der Waals surface area contributed by atoms with E-state index in [1.54, 1.807) is 11.6 Å². The maximum absolute atomic E-state index is 12.1. The number of aromatic nitrogens is 4. The lowest BCUT2D eigenvalue weighted by molar-refractivity contribution is -0.152. The first-order valence-electron chi connectivity index (χ1n) is 8.74. The molecule has 0 aliphatic carbocycles. The number of aryl methyl sites for hydroxylation is 2. The zero-order valence-electron chi connectivity index (χ0n) is 16.2. The Hall–Kier alpha value is -2.42. The van der Waals surface area contributed by atoms with Crippen molar-refractivity contribution in [3.05, 3.63) is 29.3 Å². The Bertz CT molecular complexity index is 806. The molecule has 8 nitrogen and oxygen atoms in total. The van der Waals surface area contributed by atoms with Gasteiger partial charge in [-0.15, -0.1) is 5.10 Å². The summed E-state index contributed by atoms with van der Waals surface area (Å²) in [5.74, 6) is -0.464. The minimum atomic E-state index is -0.841. The van der Waals surface area contributed by atoms with Crippen molar-refractivity contribution in [1.29, 1.82) is 0 Å². The van der Waals surface area contributed by atoms with Gasteiger partial charge in [0.05, 0.1) is 11.4 Å². The van der Waals surface area contributed by atoms with Gasteiger partial charge in [-0.25, -0.2) is 0 Å². The monoisotopic (exact) mass is 391 g/mol. The van der Waals surface area contributed by atoms with Crippen LogP contribution in [0.1, 0.15) is 31.9 Å². The molecule has 1 aromatic heterocycles. The van der Waals surface area contributed by atoms with Crippen molar-refractivity contribution in [3.63, 3.8) is 0 Å². The Morgan fingerprint density at radius 1 is 1.26 bits per heavy atom. The molecular weight excluding hydrogens is 366 g/mol. The van der Waals surface area contributed by atoms with Crippen molar-refractivity contribution >= 4 is 23.6 Å². The predicted octanol–water partition coefficient (Wildman–Crippen LogP) is 2.08. The molecule has 2 aromatic rings. The molecule has 0 bridgehead atoms. The standard InChI is InChI=1S/C18H25N5O3S/c1-11(2)9-19-17(25)14(5)26-16(24)10-27-18-20-21-22-23(18)15-8-12(3)6-7-13(15)4/h6-8,11,14H,9-10H2,1-5H3,(H,19,25)/t14-/m1/s1. The molecule has 0 saturated heterocycles. The third-order valence-electron chi connectivity index (χ3n) is 3.71. The molecule has 0 saturated carbocycles. The average Bonchev–Trinajstić information content (AvgIpc) is 3.08. The molecular formula is C18H25N5O3S. The van der Waals surface area contributed by atoms with Gasteiger partial charge in [-0.2, -0.15) is 4.68 Å². The van der Waals surface area contributed by atoms with Crippen molar-refractivity contribution < 1.29 is 14.3 Å². The van der Waals surface area contributed by atoms with Crippen molar-refractivity contribution in [3.8, 4) is 5.69 Å². The molecule has 0 unspecified atom stereocenters. The molecule has 0 radical (unpaired) electrons. The smallest absolute Gasteiger partial charge is 0.317 e. The molecule has 1 N–H and O–H groups in total. The van der Waals surface area contributed by atoms with E-state index < -0.39 is 12.1 Å². The third-order valence-corrected chi connectivity index (χ3v) is 4.61. The molecule has 27 heavy (non-hydrogen) atoms. The third kappa shape index (κ3) is 6.06. The number of carbonyl (C=O) groups excluding carboxylic acids is 2. The number of rotatable bonds is 8. The van der Waals surface area contributed by atoms with Crippen LogP contribution in [0.4, 0.5) is 0 Å². The number of ether oxygens (including phenoxy) is 1. The summed E-state index contributed by atoms with van der Waals surface area (Å²) < 4.78 is 6.78. The minimum absolute atomic E-state index is 0.00698. The number of nitrogens with one attached hydrogen (secondary N) is 1. The first-order chi connectivity index (χ1) is 12.8. The quantitative estimate of drug-likeness (QED) is 0.543. The van der Waals surface area contributed by atoms with Gasteiger partial charge in [0.1, 0.15) is 0 Å². The van der Waals surface area contributed by atoms with Gasteiger partial charge in [0.15, 0.2) is 6.10 Å². The number of hydrogen-bond donors (Lipinski definition) is 1. The Kier molecular flexibility index (Phi) is 7.35. The summed E-state index contributed by atoms with van der Waals surface area (Å²) in [6.07, 6.45) is -0.841. The summed E-state index contributed by atoms with van der Waals surface area (Å²) in [6, 6.07) is 5.99. The summed E-state index contributed by atoms with van der Waals surface area (Å²) in [4.78, 5) is 24.0. The minimum Gasteiger partial charge on any atom is -0.452 e. The van der Waals surface area contributed by atoms with Crippen molar-refractivity contribution in [2.24, 2.45) is 5.92 Å². The molecule has 9 heteroatoms. The van der Waals surface area contributed by atoms with Gasteiger partial charge in [-0.1, -0.05) is 37.7 Å². The van der Waals surface area contributed by atoms with Gasteiger partial charge in [-0.3, -0.25) is 9.59 Å². The number of carbonyl (C=O) groups is 2. The molecule has 1 atom stereocenters. The molecule has 0 aliphatic rings. The topological polar surface area (TPSA) is 99.0 Å². The average molecular weight is 391 g/mol. The van der Waals surface area contributed by atoms with Crippen molar-refractivity contribution in [2.45, 2.75) is 45.9 Å². The van der Waals surface area contributed by atoms with Gasteiger partial charge < -0.3 is 10.1 Å². The highest BCUT2D eigenvalue weighted by Gasteiger charge is 2.19. The highest BCUT2D eigenvalue weighted by Crippen LogP contribution is 2.21. The molecule has 0 fully saturated rings. The van der Waals surface area contributed by atoms with Crippen molar-refractivity contribution in [1.82, 2.24) is 25.5 Å². The lowest BCUT2D eigenvalue weighted by atomic mass is 10.1. The number of amides is 1. The van der Waals surface area contributed by atoms with Gasteiger partial charge in [0.2, 0.25) is 5.16 Å². The Balaban J connectivity index is 1.94. The second-order valence-corrected chi connectivity index (χ2v) is 7.67. The molecule has 0 spiro atoms. The first-order valence-corrected chi connectivity index (χ1v) is 9.72. The van der Waals surface area contributed by atoms with Crippen LogP contribution in [0.25, 0.3) is 5.69 Å². The van der Waals surface area contributed by atoms with Crippen LogP contribution in [0, 0.1) is 19.8 Å². The fraction of sp³-hybridized carbons (Fsp3) is 0.500. The highest BCUT2D eigenvalue weighted by molar-refractivity contribution is 7.99. The van der Waals surface area contributed by atoms with E-state index in [0.717, 1.165) is 28.6 Å². The SMILES string of the molecule is Cc1ccc(C)c(-n2nnnc2SCC(=O)O[C@H](C)C(=O)NCC(C)C)c1. The van der Waals surface area contributed by atoms with Gasteiger partial charge in [0, 0.05) is 6.54 Å². The van der Waals surface area contributed by atoms with E-state index in [2.05, 4.69) is 20.8 Å². The maximum Gasteiger partial charge on any atom is 0.317 e. The number of tetrazole rings is 1.